The quantitative estimate of drug-likeness (QED) is 0.254. The van der Waals surface area contributed by atoms with Gasteiger partial charge >= 0.3 is 0 Å². The first-order valence-electron chi connectivity index (χ1n) is 11.3. The van der Waals surface area contributed by atoms with Gasteiger partial charge in [0, 0.05) is 39.8 Å². The largest absolute Gasteiger partial charge is 0.372 e. The number of aryl methyl sites for hydroxylation is 1. The number of benzene rings is 1. The van der Waals surface area contributed by atoms with Gasteiger partial charge in [0.1, 0.15) is 29.1 Å². The van der Waals surface area contributed by atoms with Crippen LogP contribution in [0.15, 0.2) is 36.7 Å². The molecular formula is C24H27F2N9O. The van der Waals surface area contributed by atoms with Crippen molar-refractivity contribution in [2.24, 2.45) is 0 Å². The van der Waals surface area contributed by atoms with Crippen LogP contribution in [0.4, 0.5) is 26.2 Å². The Labute approximate surface area is 207 Å². The van der Waals surface area contributed by atoms with E-state index in [1.54, 1.807) is 34.9 Å². The lowest BCUT2D eigenvalue weighted by molar-refractivity contribution is -0.107. The normalized spacial score (nSPS) is 11.1. The fraction of sp³-hybridized carbons (Fsp3) is 0.292. The Morgan fingerprint density at radius 1 is 1.06 bits per heavy atom. The fourth-order valence-corrected chi connectivity index (χ4v) is 3.85. The maximum absolute atomic E-state index is 14.9. The zero-order chi connectivity index (χ0) is 25.8. The van der Waals surface area contributed by atoms with Crippen molar-refractivity contribution in [1.29, 1.82) is 0 Å². The average Bonchev–Trinajstić information content (AvgIpc) is 3.20. The highest BCUT2D eigenvalue weighted by Gasteiger charge is 2.18. The van der Waals surface area contributed by atoms with Gasteiger partial charge < -0.3 is 25.3 Å². The number of aromatic nitrogens is 5. The first-order valence-corrected chi connectivity index (χ1v) is 11.3. The number of nitrogens with zero attached hydrogens (tertiary/aromatic N) is 7. The van der Waals surface area contributed by atoms with Crippen LogP contribution in [-0.2, 0) is 4.79 Å². The molecule has 0 radical (unpaired) electrons. The Balaban J connectivity index is 1.57. The number of carbonyl (C=O) groups excluding carboxylic acids is 1. The van der Waals surface area contributed by atoms with E-state index in [-0.39, 0.29) is 22.7 Å². The molecule has 3 aromatic heterocycles. The van der Waals surface area contributed by atoms with Crippen LogP contribution in [0, 0.1) is 18.6 Å². The third-order valence-corrected chi connectivity index (χ3v) is 5.55. The zero-order valence-corrected chi connectivity index (χ0v) is 20.5. The van der Waals surface area contributed by atoms with Gasteiger partial charge in [-0.25, -0.2) is 33.4 Å². The van der Waals surface area contributed by atoms with Crippen molar-refractivity contribution in [1.82, 2.24) is 29.9 Å². The van der Waals surface area contributed by atoms with Crippen LogP contribution in [0.25, 0.3) is 22.3 Å². The Hall–Kier alpha value is -4.19. The molecular weight excluding hydrogens is 468 g/mol. The van der Waals surface area contributed by atoms with Crippen molar-refractivity contribution in [3.8, 4) is 11.3 Å². The van der Waals surface area contributed by atoms with Crippen LogP contribution in [-0.4, -0.2) is 71.7 Å². The van der Waals surface area contributed by atoms with E-state index < -0.39 is 11.6 Å². The Kier molecular flexibility index (Phi) is 7.34. The molecule has 36 heavy (non-hydrogen) atoms. The van der Waals surface area contributed by atoms with Crippen LogP contribution in [0.5, 0.6) is 0 Å². The van der Waals surface area contributed by atoms with E-state index in [1.807, 2.05) is 32.1 Å². The van der Waals surface area contributed by atoms with Gasteiger partial charge in [-0.05, 0) is 31.2 Å². The molecule has 0 saturated carbocycles. The Morgan fingerprint density at radius 3 is 2.56 bits per heavy atom. The first kappa shape index (κ1) is 24.9. The maximum Gasteiger partial charge on any atom is 0.229 e. The average molecular weight is 496 g/mol. The predicted octanol–water partition coefficient (Wildman–Crippen LogP) is 2.64. The second-order valence-electron chi connectivity index (χ2n) is 8.35. The molecule has 0 amide bonds. The summed E-state index contributed by atoms with van der Waals surface area (Å²) in [7, 11) is 5.54. The summed E-state index contributed by atoms with van der Waals surface area (Å²) in [6.07, 6.45) is 3.54. The number of aldehydes is 1. The summed E-state index contributed by atoms with van der Waals surface area (Å²) in [6.45, 7) is 3.43. The minimum atomic E-state index is -0.680. The van der Waals surface area contributed by atoms with E-state index in [1.165, 1.54) is 6.07 Å². The number of halogens is 2. The van der Waals surface area contributed by atoms with Crippen molar-refractivity contribution in [3.05, 3.63) is 54.1 Å². The van der Waals surface area contributed by atoms with Crippen LogP contribution in [0.2, 0.25) is 0 Å². The molecule has 12 heteroatoms. The molecule has 0 bridgehead atoms. The van der Waals surface area contributed by atoms with E-state index in [0.717, 1.165) is 18.2 Å². The SMILES string of the molecule is Cc1nc2c(F)cc(-c3nc(Nc4ccc(N(C)CCNCC=O)cn4)ncc3F)cc2n1N(C)C. The number of hydrogen-bond acceptors (Lipinski definition) is 9. The monoisotopic (exact) mass is 495 g/mol. The van der Waals surface area contributed by atoms with Gasteiger partial charge in [0.15, 0.2) is 11.6 Å². The molecule has 0 aliphatic heterocycles. The van der Waals surface area contributed by atoms with Crippen LogP contribution in [0.3, 0.4) is 0 Å². The zero-order valence-electron chi connectivity index (χ0n) is 20.5. The number of hydrogen-bond donors (Lipinski definition) is 2. The summed E-state index contributed by atoms with van der Waals surface area (Å²) in [4.78, 5) is 29.3. The highest BCUT2D eigenvalue weighted by molar-refractivity contribution is 5.83. The van der Waals surface area contributed by atoms with Gasteiger partial charge in [-0.15, -0.1) is 0 Å². The second kappa shape index (κ2) is 10.6. The van der Waals surface area contributed by atoms with Crippen molar-refractivity contribution in [3.63, 3.8) is 0 Å². The molecule has 3 heterocycles. The minimum absolute atomic E-state index is 0.0448. The summed E-state index contributed by atoms with van der Waals surface area (Å²) in [5.74, 6) is -0.0573. The third-order valence-electron chi connectivity index (χ3n) is 5.55. The number of nitrogens with one attached hydrogen (secondary N) is 2. The predicted molar refractivity (Wildman–Crippen MR) is 135 cm³/mol. The molecule has 0 saturated heterocycles. The molecule has 1 aromatic carbocycles. The number of imidazole rings is 1. The molecule has 0 aliphatic carbocycles. The van der Waals surface area contributed by atoms with Crippen LogP contribution >= 0.6 is 0 Å². The lowest BCUT2D eigenvalue weighted by Crippen LogP contribution is -2.30. The van der Waals surface area contributed by atoms with Crippen molar-refractivity contribution >= 4 is 34.8 Å². The molecule has 2 N–H and O–H groups in total. The molecule has 4 rings (SSSR count). The standard InChI is InChI=1S/C24H27F2N9O/c1-15-30-23-18(25)11-16(12-20(23)35(15)33(2)3)22-19(26)14-29-24(32-22)31-21-6-5-17(13-28-21)34(4)9-7-27-8-10-36/h5-6,10-14,27H,7-9H2,1-4H3,(H,28,29,31,32). The van der Waals surface area contributed by atoms with E-state index in [4.69, 9.17) is 0 Å². The molecule has 4 aromatic rings. The summed E-state index contributed by atoms with van der Waals surface area (Å²) in [6, 6.07) is 6.49. The minimum Gasteiger partial charge on any atom is -0.372 e. The number of anilines is 3. The number of carbonyl (C=O) groups is 1. The summed E-state index contributed by atoms with van der Waals surface area (Å²) in [5, 5.41) is 7.74. The van der Waals surface area contributed by atoms with Gasteiger partial charge in [0.25, 0.3) is 0 Å². The van der Waals surface area contributed by atoms with Crippen molar-refractivity contribution in [2.45, 2.75) is 6.92 Å². The summed E-state index contributed by atoms with van der Waals surface area (Å²) < 4.78 is 31.3. The molecule has 0 unspecified atom stereocenters. The van der Waals surface area contributed by atoms with E-state index >= 15 is 0 Å². The van der Waals surface area contributed by atoms with Crippen LogP contribution in [0.1, 0.15) is 5.82 Å². The van der Waals surface area contributed by atoms with Crippen LogP contribution < -0.4 is 20.5 Å². The smallest absolute Gasteiger partial charge is 0.229 e. The van der Waals surface area contributed by atoms with Gasteiger partial charge in [0.05, 0.1) is 30.1 Å². The molecule has 188 valence electrons. The number of likely N-dealkylation sites (N-methyl/N-ethyl adjacent to an activating group) is 1. The van der Waals surface area contributed by atoms with Gasteiger partial charge in [-0.1, -0.05) is 0 Å². The van der Waals surface area contributed by atoms with E-state index in [9.17, 15) is 13.6 Å². The molecule has 0 fully saturated rings. The lowest BCUT2D eigenvalue weighted by atomic mass is 10.1. The highest BCUT2D eigenvalue weighted by atomic mass is 19.1. The summed E-state index contributed by atoms with van der Waals surface area (Å²) in [5.41, 5.74) is 1.80. The lowest BCUT2D eigenvalue weighted by Gasteiger charge is -2.19. The summed E-state index contributed by atoms with van der Waals surface area (Å²) >= 11 is 0. The molecule has 0 atom stereocenters. The highest BCUT2D eigenvalue weighted by Crippen LogP contribution is 2.29. The maximum atomic E-state index is 14.9. The number of fused-ring (bicyclic) bond motifs is 1. The first-order chi connectivity index (χ1) is 17.3. The molecule has 10 nitrogen and oxygen atoms in total. The Bertz CT molecular complexity index is 1370. The van der Waals surface area contributed by atoms with Gasteiger partial charge in [0.2, 0.25) is 5.95 Å². The Morgan fingerprint density at radius 2 is 1.86 bits per heavy atom. The van der Waals surface area contributed by atoms with E-state index in [2.05, 4.69) is 30.6 Å². The number of rotatable bonds is 10. The van der Waals surface area contributed by atoms with Gasteiger partial charge in [-0.3, -0.25) is 0 Å². The molecule has 0 spiro atoms. The van der Waals surface area contributed by atoms with Crippen molar-refractivity contribution in [2.75, 3.05) is 56.0 Å². The van der Waals surface area contributed by atoms with Crippen molar-refractivity contribution < 1.29 is 13.6 Å². The second-order valence-corrected chi connectivity index (χ2v) is 8.35. The number of pyridine rings is 1. The topological polar surface area (TPSA) is 104 Å². The third kappa shape index (κ3) is 5.23. The fourth-order valence-electron chi connectivity index (χ4n) is 3.85. The van der Waals surface area contributed by atoms with Gasteiger partial charge in [-0.2, -0.15) is 0 Å². The molecule has 0 aliphatic rings. The van der Waals surface area contributed by atoms with E-state index in [0.29, 0.717) is 36.8 Å².